The van der Waals surface area contributed by atoms with Crippen molar-refractivity contribution in [1.29, 1.82) is 0 Å². The molecule has 0 amide bonds. The van der Waals surface area contributed by atoms with E-state index in [0.717, 1.165) is 29.1 Å². The van der Waals surface area contributed by atoms with Gasteiger partial charge in [-0.3, -0.25) is 0 Å². The van der Waals surface area contributed by atoms with Crippen molar-refractivity contribution in [2.45, 2.75) is 13.0 Å². The van der Waals surface area contributed by atoms with E-state index in [1.54, 1.807) is 18.3 Å². The Hall–Kier alpha value is -1.68. The van der Waals surface area contributed by atoms with Crippen LogP contribution >= 0.6 is 35.6 Å². The predicted octanol–water partition coefficient (Wildman–Crippen LogP) is 5.31. The lowest BCUT2D eigenvalue weighted by Gasteiger charge is -2.10. The quantitative estimate of drug-likeness (QED) is 0.662. The van der Waals surface area contributed by atoms with E-state index in [4.69, 9.17) is 27.9 Å². The summed E-state index contributed by atoms with van der Waals surface area (Å²) in [7, 11) is 0. The number of halogens is 3. The minimum absolute atomic E-state index is 0. The van der Waals surface area contributed by atoms with Crippen molar-refractivity contribution in [1.82, 2.24) is 9.97 Å². The monoisotopic (exact) mass is 368 g/mol. The fourth-order valence-corrected chi connectivity index (χ4v) is 2.62. The average Bonchev–Trinajstić information content (AvgIpc) is 3.01. The van der Waals surface area contributed by atoms with Gasteiger partial charge in [-0.25, -0.2) is 4.98 Å². The molecule has 23 heavy (non-hydrogen) atoms. The van der Waals surface area contributed by atoms with E-state index in [9.17, 15) is 0 Å². The van der Waals surface area contributed by atoms with Crippen LogP contribution in [0.4, 0.5) is 0 Å². The molecule has 6 heteroatoms. The maximum absolute atomic E-state index is 6.13. The van der Waals surface area contributed by atoms with Crippen LogP contribution < -0.4 is 4.74 Å². The third-order valence-electron chi connectivity index (χ3n) is 3.29. The van der Waals surface area contributed by atoms with Crippen molar-refractivity contribution in [3.8, 4) is 5.75 Å². The third kappa shape index (κ3) is 4.64. The van der Waals surface area contributed by atoms with Crippen molar-refractivity contribution in [3.63, 3.8) is 0 Å². The summed E-state index contributed by atoms with van der Waals surface area (Å²) in [4.78, 5) is 7.30. The van der Waals surface area contributed by atoms with Gasteiger partial charge in [0.15, 0.2) is 0 Å². The lowest BCUT2D eigenvalue weighted by atomic mass is 10.1. The first kappa shape index (κ1) is 17.7. The van der Waals surface area contributed by atoms with Gasteiger partial charge in [0.25, 0.3) is 0 Å². The molecule has 0 saturated heterocycles. The molecule has 1 N–H and O–H groups in total. The van der Waals surface area contributed by atoms with E-state index >= 15 is 0 Å². The van der Waals surface area contributed by atoms with Gasteiger partial charge in [-0.15, -0.1) is 12.4 Å². The van der Waals surface area contributed by atoms with Crippen molar-refractivity contribution in [3.05, 3.63) is 81.9 Å². The largest absolute Gasteiger partial charge is 0.489 e. The molecule has 0 unspecified atom stereocenters. The number of imidazole rings is 1. The van der Waals surface area contributed by atoms with Gasteiger partial charge >= 0.3 is 0 Å². The Morgan fingerprint density at radius 3 is 2.30 bits per heavy atom. The smallest absolute Gasteiger partial charge is 0.119 e. The Bertz CT molecular complexity index is 723. The third-order valence-corrected chi connectivity index (χ3v) is 4.00. The lowest BCUT2D eigenvalue weighted by molar-refractivity contribution is 0.306. The summed E-state index contributed by atoms with van der Waals surface area (Å²) in [6.07, 6.45) is 4.34. The van der Waals surface area contributed by atoms with Crippen LogP contribution in [0, 0.1) is 0 Å². The van der Waals surface area contributed by atoms with Crippen LogP contribution in [0.15, 0.2) is 54.9 Å². The van der Waals surface area contributed by atoms with E-state index in [-0.39, 0.29) is 12.4 Å². The molecule has 3 aromatic rings. The molecule has 2 aromatic carbocycles. The van der Waals surface area contributed by atoms with Gasteiger partial charge < -0.3 is 9.72 Å². The van der Waals surface area contributed by atoms with Crippen LogP contribution in [0.1, 0.15) is 17.0 Å². The number of benzene rings is 2. The Morgan fingerprint density at radius 1 is 1.00 bits per heavy atom. The Morgan fingerprint density at radius 2 is 1.70 bits per heavy atom. The summed E-state index contributed by atoms with van der Waals surface area (Å²) >= 11 is 12.3. The zero-order valence-corrected chi connectivity index (χ0v) is 14.5. The fourth-order valence-electron chi connectivity index (χ4n) is 2.12. The predicted molar refractivity (Wildman–Crippen MR) is 95.9 cm³/mol. The zero-order valence-electron chi connectivity index (χ0n) is 12.1. The number of H-pyrrole nitrogens is 1. The average molecular weight is 370 g/mol. The second kappa shape index (κ2) is 8.25. The summed E-state index contributed by atoms with van der Waals surface area (Å²) in [6, 6.07) is 13.3. The highest BCUT2D eigenvalue weighted by Crippen LogP contribution is 2.26. The van der Waals surface area contributed by atoms with Crippen LogP contribution in [-0.4, -0.2) is 9.97 Å². The molecule has 120 valence electrons. The topological polar surface area (TPSA) is 37.9 Å². The molecule has 1 heterocycles. The van der Waals surface area contributed by atoms with Gasteiger partial charge in [0.1, 0.15) is 18.2 Å². The molecule has 3 nitrogen and oxygen atoms in total. The Balaban J connectivity index is 0.00000192. The number of aromatic amines is 1. The lowest BCUT2D eigenvalue weighted by Crippen LogP contribution is -1.98. The normalized spacial score (nSPS) is 10.2. The summed E-state index contributed by atoms with van der Waals surface area (Å²) in [5.74, 6) is 1.72. The Labute approximate surface area is 151 Å². The van der Waals surface area contributed by atoms with E-state index in [1.165, 1.54) is 0 Å². The van der Waals surface area contributed by atoms with Crippen LogP contribution in [0.2, 0.25) is 10.0 Å². The minimum atomic E-state index is 0. The van der Waals surface area contributed by atoms with E-state index in [1.807, 2.05) is 36.5 Å². The van der Waals surface area contributed by atoms with Crippen LogP contribution in [-0.2, 0) is 13.0 Å². The molecule has 0 fully saturated rings. The molecule has 0 bridgehead atoms. The number of ether oxygens (including phenoxy) is 1. The Kier molecular flexibility index (Phi) is 6.34. The molecule has 0 aliphatic heterocycles. The number of nitrogens with one attached hydrogen (secondary N) is 1. The maximum Gasteiger partial charge on any atom is 0.119 e. The molecule has 0 aliphatic carbocycles. The molecule has 1 aromatic heterocycles. The summed E-state index contributed by atoms with van der Waals surface area (Å²) in [6.45, 7) is 0.343. The van der Waals surface area contributed by atoms with Crippen LogP contribution in [0.3, 0.4) is 0 Å². The summed E-state index contributed by atoms with van der Waals surface area (Å²) < 4.78 is 5.75. The van der Waals surface area contributed by atoms with Gasteiger partial charge in [-0.2, -0.15) is 0 Å². The highest BCUT2D eigenvalue weighted by Gasteiger charge is 2.06. The zero-order chi connectivity index (χ0) is 15.4. The second-order valence-electron chi connectivity index (χ2n) is 4.85. The van der Waals surface area contributed by atoms with Crippen LogP contribution in [0.5, 0.6) is 5.75 Å². The number of hydrogen-bond acceptors (Lipinski definition) is 2. The van der Waals surface area contributed by atoms with Crippen molar-refractivity contribution < 1.29 is 4.74 Å². The molecule has 0 saturated carbocycles. The van der Waals surface area contributed by atoms with Crippen molar-refractivity contribution >= 4 is 35.6 Å². The molecule has 0 radical (unpaired) electrons. The standard InChI is InChI=1S/C17H14Cl2N2O.ClH/c18-15-2-1-3-16(19)14(15)11-22-13-6-4-12(5-7-13)10-17-20-8-9-21-17;/h1-9H,10-11H2,(H,20,21);1H. The molecule has 0 spiro atoms. The van der Waals surface area contributed by atoms with Gasteiger partial charge in [-0.05, 0) is 29.8 Å². The maximum atomic E-state index is 6.13. The highest BCUT2D eigenvalue weighted by atomic mass is 35.5. The number of rotatable bonds is 5. The summed E-state index contributed by atoms with van der Waals surface area (Å²) in [5.41, 5.74) is 1.96. The van der Waals surface area contributed by atoms with Gasteiger partial charge in [-0.1, -0.05) is 41.4 Å². The molecular weight excluding hydrogens is 355 g/mol. The first-order chi connectivity index (χ1) is 10.7. The van der Waals surface area contributed by atoms with Gasteiger partial charge in [0, 0.05) is 34.4 Å². The number of aromatic nitrogens is 2. The van der Waals surface area contributed by atoms with Crippen molar-refractivity contribution in [2.75, 3.05) is 0 Å². The second-order valence-corrected chi connectivity index (χ2v) is 5.66. The van der Waals surface area contributed by atoms with E-state index in [0.29, 0.717) is 16.7 Å². The number of nitrogens with zero attached hydrogens (tertiary/aromatic N) is 1. The van der Waals surface area contributed by atoms with Gasteiger partial charge in [0.05, 0.1) is 0 Å². The first-order valence-corrected chi connectivity index (χ1v) is 7.61. The first-order valence-electron chi connectivity index (χ1n) is 6.85. The molecule has 3 rings (SSSR count). The number of hydrogen-bond donors (Lipinski definition) is 1. The highest BCUT2D eigenvalue weighted by molar-refractivity contribution is 6.35. The van der Waals surface area contributed by atoms with E-state index < -0.39 is 0 Å². The molecular formula is C17H15Cl3N2O. The minimum Gasteiger partial charge on any atom is -0.489 e. The molecule has 0 aliphatic rings. The van der Waals surface area contributed by atoms with Crippen molar-refractivity contribution in [2.24, 2.45) is 0 Å². The van der Waals surface area contributed by atoms with Crippen LogP contribution in [0.25, 0.3) is 0 Å². The van der Waals surface area contributed by atoms with E-state index in [2.05, 4.69) is 9.97 Å². The SMILES string of the molecule is Cl.Clc1cccc(Cl)c1COc1ccc(Cc2ncc[nH]2)cc1. The fraction of sp³-hybridized carbons (Fsp3) is 0.118. The van der Waals surface area contributed by atoms with Gasteiger partial charge in [0.2, 0.25) is 0 Å². The summed E-state index contributed by atoms with van der Waals surface area (Å²) in [5, 5.41) is 1.23. The molecule has 0 atom stereocenters.